The summed E-state index contributed by atoms with van der Waals surface area (Å²) in [5, 5.41) is 2.21. The highest BCUT2D eigenvalue weighted by Gasteiger charge is 2.60. The van der Waals surface area contributed by atoms with Crippen LogP contribution < -0.4 is 9.96 Å². The Balaban J connectivity index is 1.60. The van der Waals surface area contributed by atoms with Crippen molar-refractivity contribution in [2.75, 3.05) is 9.96 Å². The second kappa shape index (κ2) is 7.27. The fourth-order valence-electron chi connectivity index (χ4n) is 4.28. The van der Waals surface area contributed by atoms with Crippen LogP contribution in [0.1, 0.15) is 17.2 Å². The summed E-state index contributed by atoms with van der Waals surface area (Å²) in [5.74, 6) is -1.30. The molecule has 3 atom stereocenters. The second-order valence-corrected chi connectivity index (χ2v) is 7.87. The van der Waals surface area contributed by atoms with Crippen LogP contribution >= 0.6 is 11.6 Å². The van der Waals surface area contributed by atoms with Gasteiger partial charge in [0, 0.05) is 5.02 Å². The molecule has 2 heterocycles. The summed E-state index contributed by atoms with van der Waals surface area (Å²) < 4.78 is 0. The molecule has 2 aliphatic rings. The topological polar surface area (TPSA) is 49.9 Å². The maximum Gasteiger partial charge on any atom is 0.266 e. The number of hydroxylamine groups is 1. The zero-order valence-corrected chi connectivity index (χ0v) is 17.0. The van der Waals surface area contributed by atoms with Crippen molar-refractivity contribution in [3.8, 4) is 0 Å². The molecular weight excluding hydrogens is 400 g/mol. The molecule has 0 bridgehead atoms. The molecule has 0 saturated carbocycles. The van der Waals surface area contributed by atoms with Gasteiger partial charge in [-0.25, -0.2) is 9.96 Å². The smallest absolute Gasteiger partial charge is 0.266 e. The van der Waals surface area contributed by atoms with Crippen LogP contribution in [0.15, 0.2) is 78.9 Å². The summed E-state index contributed by atoms with van der Waals surface area (Å²) in [6.45, 7) is 1.80. The summed E-state index contributed by atoms with van der Waals surface area (Å²) in [5.41, 5.74) is 2.91. The molecule has 0 aromatic heterocycles. The van der Waals surface area contributed by atoms with Crippen molar-refractivity contribution in [1.82, 2.24) is 0 Å². The first-order valence-electron chi connectivity index (χ1n) is 9.77. The van der Waals surface area contributed by atoms with Crippen LogP contribution in [0.25, 0.3) is 0 Å². The number of hydrogen-bond donors (Lipinski definition) is 0. The van der Waals surface area contributed by atoms with Gasteiger partial charge in [-0.05, 0) is 42.3 Å². The molecule has 5 nitrogen and oxygen atoms in total. The Morgan fingerprint density at radius 2 is 1.50 bits per heavy atom. The van der Waals surface area contributed by atoms with Crippen LogP contribution in [-0.4, -0.2) is 17.9 Å². The molecule has 2 fully saturated rings. The van der Waals surface area contributed by atoms with Crippen LogP contribution in [0.3, 0.4) is 0 Å². The lowest BCUT2D eigenvalue weighted by molar-refractivity contribution is -0.126. The van der Waals surface area contributed by atoms with Crippen LogP contribution in [-0.2, 0) is 14.4 Å². The maximum absolute atomic E-state index is 13.6. The normalized spacial score (nSPS) is 23.2. The van der Waals surface area contributed by atoms with Gasteiger partial charge in [-0.1, -0.05) is 66.2 Å². The van der Waals surface area contributed by atoms with Gasteiger partial charge in [-0.2, -0.15) is 0 Å². The van der Waals surface area contributed by atoms with Crippen molar-refractivity contribution < 1.29 is 14.4 Å². The number of rotatable bonds is 3. The molecular formula is C24H19ClN2O3. The van der Waals surface area contributed by atoms with E-state index in [0.717, 1.165) is 11.3 Å². The monoisotopic (exact) mass is 418 g/mol. The molecule has 3 aromatic rings. The second-order valence-electron chi connectivity index (χ2n) is 7.46. The van der Waals surface area contributed by atoms with Gasteiger partial charge in [0.15, 0.2) is 6.10 Å². The van der Waals surface area contributed by atoms with E-state index in [2.05, 4.69) is 0 Å². The lowest BCUT2D eigenvalue weighted by Crippen LogP contribution is -2.37. The lowest BCUT2D eigenvalue weighted by atomic mass is 9.90. The van der Waals surface area contributed by atoms with E-state index < -0.39 is 18.1 Å². The standard InChI is InChI=1S/C24H19ClN2O3/c1-15-18(25)13-8-14-19(15)26-23(28)20-21(16-9-4-2-5-10-16)27(30-22(20)24(26)29)17-11-6-3-7-12-17/h2-14,20-22H,1H3/t20-,21-,22-/m0/s1. The van der Waals surface area contributed by atoms with Crippen molar-refractivity contribution >= 4 is 34.8 Å². The number of halogens is 1. The molecule has 2 aliphatic heterocycles. The first-order valence-corrected chi connectivity index (χ1v) is 10.1. The minimum absolute atomic E-state index is 0.275. The molecule has 0 radical (unpaired) electrons. The van der Waals surface area contributed by atoms with E-state index in [0.29, 0.717) is 16.3 Å². The molecule has 2 amide bonds. The Morgan fingerprint density at radius 1 is 0.833 bits per heavy atom. The minimum atomic E-state index is -0.888. The zero-order chi connectivity index (χ0) is 20.8. The first kappa shape index (κ1) is 18.9. The molecule has 150 valence electrons. The fourth-order valence-corrected chi connectivity index (χ4v) is 4.45. The Hall–Kier alpha value is -3.15. The number of benzene rings is 3. The van der Waals surface area contributed by atoms with Gasteiger partial charge in [0.25, 0.3) is 5.91 Å². The SMILES string of the molecule is Cc1c(Cl)cccc1N1C(=O)[C@@H]2[C@H](ON(c3ccccc3)[C@H]2c2ccccc2)C1=O. The molecule has 3 aromatic carbocycles. The van der Waals surface area contributed by atoms with E-state index in [4.69, 9.17) is 16.4 Å². The van der Waals surface area contributed by atoms with Gasteiger partial charge in [0.05, 0.1) is 17.4 Å². The summed E-state index contributed by atoms with van der Waals surface area (Å²) in [4.78, 5) is 34.3. The lowest BCUT2D eigenvalue weighted by Gasteiger charge is -2.29. The largest absolute Gasteiger partial charge is 0.273 e. The van der Waals surface area contributed by atoms with Crippen LogP contribution in [0.4, 0.5) is 11.4 Å². The third kappa shape index (κ3) is 2.82. The number of anilines is 2. The number of carbonyl (C=O) groups is 2. The van der Waals surface area contributed by atoms with Crippen molar-refractivity contribution in [2.24, 2.45) is 5.92 Å². The van der Waals surface area contributed by atoms with Gasteiger partial charge in [-0.15, -0.1) is 0 Å². The highest BCUT2D eigenvalue weighted by atomic mass is 35.5. The van der Waals surface area contributed by atoms with E-state index in [1.807, 2.05) is 60.7 Å². The van der Waals surface area contributed by atoms with Crippen molar-refractivity contribution in [1.29, 1.82) is 0 Å². The van der Waals surface area contributed by atoms with E-state index in [1.165, 1.54) is 4.90 Å². The molecule has 2 saturated heterocycles. The van der Waals surface area contributed by atoms with E-state index in [1.54, 1.807) is 30.2 Å². The Kier molecular flexibility index (Phi) is 4.57. The molecule has 6 heteroatoms. The fraction of sp³-hybridized carbons (Fsp3) is 0.167. The molecule has 5 rings (SSSR count). The number of hydrogen-bond acceptors (Lipinski definition) is 4. The third-order valence-corrected chi connectivity index (χ3v) is 6.16. The highest BCUT2D eigenvalue weighted by Crippen LogP contribution is 2.48. The van der Waals surface area contributed by atoms with Gasteiger partial charge in [-0.3, -0.25) is 14.4 Å². The molecule has 0 spiro atoms. The molecule has 30 heavy (non-hydrogen) atoms. The van der Waals surface area contributed by atoms with Gasteiger partial charge < -0.3 is 0 Å². The van der Waals surface area contributed by atoms with Gasteiger partial charge in [0.2, 0.25) is 5.91 Å². The summed E-state index contributed by atoms with van der Waals surface area (Å²) in [7, 11) is 0. The Labute approximate surface area is 179 Å². The quantitative estimate of drug-likeness (QED) is 0.578. The van der Waals surface area contributed by atoms with E-state index >= 15 is 0 Å². The molecule has 0 aliphatic carbocycles. The van der Waals surface area contributed by atoms with Crippen molar-refractivity contribution in [3.05, 3.63) is 95.0 Å². The number of para-hydroxylation sites is 1. The molecule has 0 unspecified atom stereocenters. The minimum Gasteiger partial charge on any atom is -0.273 e. The number of fused-ring (bicyclic) bond motifs is 1. The Morgan fingerprint density at radius 3 is 2.20 bits per heavy atom. The van der Waals surface area contributed by atoms with Crippen LogP contribution in [0, 0.1) is 12.8 Å². The van der Waals surface area contributed by atoms with Crippen molar-refractivity contribution in [3.63, 3.8) is 0 Å². The zero-order valence-electron chi connectivity index (χ0n) is 16.2. The average molecular weight is 419 g/mol. The summed E-state index contributed by atoms with van der Waals surface area (Å²) in [6.07, 6.45) is -0.888. The Bertz CT molecular complexity index is 1120. The average Bonchev–Trinajstić information content (AvgIpc) is 3.28. The molecule has 0 N–H and O–H groups in total. The van der Waals surface area contributed by atoms with Crippen LogP contribution in [0.5, 0.6) is 0 Å². The number of amides is 2. The van der Waals surface area contributed by atoms with E-state index in [-0.39, 0.29) is 11.8 Å². The number of imide groups is 1. The summed E-state index contributed by atoms with van der Waals surface area (Å²) in [6, 6.07) is 24.0. The number of nitrogens with zero attached hydrogens (tertiary/aromatic N) is 2. The van der Waals surface area contributed by atoms with Crippen molar-refractivity contribution in [2.45, 2.75) is 19.1 Å². The predicted molar refractivity (Wildman–Crippen MR) is 115 cm³/mol. The van der Waals surface area contributed by atoms with E-state index in [9.17, 15) is 9.59 Å². The first-order chi connectivity index (χ1) is 14.6. The maximum atomic E-state index is 13.6. The predicted octanol–water partition coefficient (Wildman–Crippen LogP) is 4.70. The highest BCUT2D eigenvalue weighted by molar-refractivity contribution is 6.32. The van der Waals surface area contributed by atoms with Crippen LogP contribution in [0.2, 0.25) is 5.02 Å². The number of carbonyl (C=O) groups excluding carboxylic acids is 2. The third-order valence-electron chi connectivity index (χ3n) is 5.75. The van der Waals surface area contributed by atoms with Gasteiger partial charge >= 0.3 is 0 Å². The summed E-state index contributed by atoms with van der Waals surface area (Å²) >= 11 is 6.25. The van der Waals surface area contributed by atoms with Gasteiger partial charge in [0.1, 0.15) is 5.92 Å².